The van der Waals surface area contributed by atoms with Crippen molar-refractivity contribution in [3.8, 4) is 51.0 Å². The summed E-state index contributed by atoms with van der Waals surface area (Å²) >= 11 is 0. The van der Waals surface area contributed by atoms with E-state index in [1.54, 1.807) is 6.07 Å². The normalized spacial score (nSPS) is 12.5. The molecular formula is C48H41F3N4. The van der Waals surface area contributed by atoms with Crippen LogP contribution in [0.2, 0.25) is 0 Å². The van der Waals surface area contributed by atoms with E-state index in [9.17, 15) is 13.2 Å². The maximum absolute atomic E-state index is 14.2. The lowest BCUT2D eigenvalue weighted by atomic mass is 9.86. The van der Waals surface area contributed by atoms with E-state index in [0.717, 1.165) is 55.8 Å². The summed E-state index contributed by atoms with van der Waals surface area (Å²) in [5, 5.41) is 2.11. The fraction of sp³-hybridized carbons (Fsp3) is 0.188. The summed E-state index contributed by atoms with van der Waals surface area (Å²) in [6.07, 6.45) is -4.50. The molecule has 274 valence electrons. The molecule has 0 saturated heterocycles. The van der Waals surface area contributed by atoms with Crippen LogP contribution in [0.3, 0.4) is 0 Å². The van der Waals surface area contributed by atoms with Crippen LogP contribution in [0.5, 0.6) is 0 Å². The van der Waals surface area contributed by atoms with Crippen LogP contribution in [0.15, 0.2) is 140 Å². The summed E-state index contributed by atoms with van der Waals surface area (Å²) in [5.74, 6) is 1.50. The molecule has 0 bridgehead atoms. The lowest BCUT2D eigenvalue weighted by Crippen LogP contribution is -2.11. The smallest absolute Gasteiger partial charge is 0.309 e. The summed E-state index contributed by atoms with van der Waals surface area (Å²) in [7, 11) is 0. The number of alkyl halides is 3. The first-order valence-electron chi connectivity index (χ1n) is 18.4. The van der Waals surface area contributed by atoms with Crippen molar-refractivity contribution in [3.05, 3.63) is 156 Å². The second kappa shape index (κ2) is 13.3. The van der Waals surface area contributed by atoms with Crippen LogP contribution in [-0.4, -0.2) is 19.5 Å². The number of hydrogen-bond acceptors (Lipinski definition) is 3. The van der Waals surface area contributed by atoms with Gasteiger partial charge in [0.1, 0.15) is 0 Å². The van der Waals surface area contributed by atoms with Crippen molar-refractivity contribution < 1.29 is 13.2 Å². The van der Waals surface area contributed by atoms with Crippen LogP contribution in [0.1, 0.15) is 58.2 Å². The highest BCUT2D eigenvalue weighted by Gasteiger charge is 2.31. The van der Waals surface area contributed by atoms with Crippen molar-refractivity contribution in [1.29, 1.82) is 0 Å². The summed E-state index contributed by atoms with van der Waals surface area (Å²) < 4.78 is 44.8. The Hall–Kier alpha value is -6.08. The van der Waals surface area contributed by atoms with Gasteiger partial charge in [0.2, 0.25) is 0 Å². The van der Waals surface area contributed by atoms with E-state index >= 15 is 0 Å². The molecule has 0 spiro atoms. The summed E-state index contributed by atoms with van der Waals surface area (Å²) in [6, 6.07) is 44.1. The maximum atomic E-state index is 14.2. The van der Waals surface area contributed by atoms with Gasteiger partial charge in [-0.15, -0.1) is 0 Å². The van der Waals surface area contributed by atoms with E-state index in [1.807, 2.05) is 78.9 Å². The molecular weight excluding hydrogens is 690 g/mol. The molecule has 0 N–H and O–H groups in total. The minimum absolute atomic E-state index is 0.148. The standard InChI is InChI=1S/C48H41F3N4/c1-46(2,3)34-21-24-38-39-25-22-35(47(4,5)6)29-42(39)55(41(38)28-34)40-27-33(20-23-37(40)32-18-13-19-36(26-32)48(49,50)51)45-53-43(30-14-9-7-10-15-30)52-44(54-45)31-16-11-8-12-17-31/h7-29H,1-6H3. The SMILES string of the molecule is CC(C)(C)c1ccc2c3ccc(C(C)(C)C)cc3n(-c3cc(-c4nc(-c5ccccc5)nc(-c5ccccc5)n4)ccc3-c3cccc(C(F)(F)F)c3)c2c1. The first kappa shape index (κ1) is 35.9. The van der Waals surface area contributed by atoms with Gasteiger partial charge in [-0.05, 0) is 57.9 Å². The Labute approximate surface area is 319 Å². The Kier molecular flexibility index (Phi) is 8.71. The van der Waals surface area contributed by atoms with E-state index in [-0.39, 0.29) is 10.8 Å². The number of aromatic nitrogens is 4. The molecule has 2 aromatic heterocycles. The number of rotatable bonds is 5. The summed E-state index contributed by atoms with van der Waals surface area (Å²) in [6.45, 7) is 13.1. The zero-order valence-corrected chi connectivity index (χ0v) is 31.7. The minimum Gasteiger partial charge on any atom is -0.309 e. The Morgan fingerprint density at radius 3 is 1.36 bits per heavy atom. The molecule has 0 aliphatic heterocycles. The molecule has 4 nitrogen and oxygen atoms in total. The van der Waals surface area contributed by atoms with Gasteiger partial charge in [0.15, 0.2) is 17.5 Å². The van der Waals surface area contributed by atoms with Gasteiger partial charge in [0.25, 0.3) is 0 Å². The van der Waals surface area contributed by atoms with Gasteiger partial charge in [-0.1, -0.05) is 151 Å². The fourth-order valence-electron chi connectivity index (χ4n) is 7.11. The van der Waals surface area contributed by atoms with Gasteiger partial charge >= 0.3 is 6.18 Å². The molecule has 0 unspecified atom stereocenters. The third kappa shape index (κ3) is 6.91. The second-order valence-corrected chi connectivity index (χ2v) is 16.1. The monoisotopic (exact) mass is 730 g/mol. The van der Waals surface area contributed by atoms with E-state index in [0.29, 0.717) is 34.2 Å². The molecule has 2 heterocycles. The lowest BCUT2D eigenvalue weighted by molar-refractivity contribution is -0.137. The molecule has 0 amide bonds. The molecule has 55 heavy (non-hydrogen) atoms. The molecule has 0 aliphatic rings. The zero-order valence-electron chi connectivity index (χ0n) is 31.7. The number of benzene rings is 6. The molecule has 0 radical (unpaired) electrons. The highest BCUT2D eigenvalue weighted by atomic mass is 19.4. The van der Waals surface area contributed by atoms with Crippen molar-refractivity contribution in [2.75, 3.05) is 0 Å². The van der Waals surface area contributed by atoms with Gasteiger partial charge in [-0.2, -0.15) is 13.2 Å². The first-order chi connectivity index (χ1) is 26.1. The summed E-state index contributed by atoms with van der Waals surface area (Å²) in [4.78, 5) is 14.9. The van der Waals surface area contributed by atoms with Crippen molar-refractivity contribution in [3.63, 3.8) is 0 Å². The van der Waals surface area contributed by atoms with Crippen LogP contribution >= 0.6 is 0 Å². The number of fused-ring (bicyclic) bond motifs is 3. The predicted octanol–water partition coefficient (Wildman–Crippen LogP) is 13.3. The third-order valence-electron chi connectivity index (χ3n) is 10.2. The quantitative estimate of drug-likeness (QED) is 0.177. The molecule has 0 saturated carbocycles. The Balaban J connectivity index is 1.47. The second-order valence-electron chi connectivity index (χ2n) is 16.1. The van der Waals surface area contributed by atoms with Crippen molar-refractivity contribution in [2.24, 2.45) is 0 Å². The van der Waals surface area contributed by atoms with E-state index in [1.165, 1.54) is 12.1 Å². The molecule has 8 aromatic rings. The Morgan fingerprint density at radius 2 is 0.891 bits per heavy atom. The fourth-order valence-corrected chi connectivity index (χ4v) is 7.11. The maximum Gasteiger partial charge on any atom is 0.416 e. The van der Waals surface area contributed by atoms with Crippen molar-refractivity contribution >= 4 is 21.8 Å². The molecule has 6 aromatic carbocycles. The van der Waals surface area contributed by atoms with Gasteiger partial charge in [0.05, 0.1) is 22.3 Å². The highest BCUT2D eigenvalue weighted by molar-refractivity contribution is 6.10. The van der Waals surface area contributed by atoms with Crippen LogP contribution in [-0.2, 0) is 17.0 Å². The van der Waals surface area contributed by atoms with E-state index in [2.05, 4.69) is 82.5 Å². The lowest BCUT2D eigenvalue weighted by Gasteiger charge is -2.21. The number of halogens is 3. The van der Waals surface area contributed by atoms with Crippen LogP contribution in [0.4, 0.5) is 13.2 Å². The zero-order chi connectivity index (χ0) is 38.7. The minimum atomic E-state index is -4.50. The van der Waals surface area contributed by atoms with Crippen LogP contribution < -0.4 is 0 Å². The Bertz CT molecular complexity index is 2570. The van der Waals surface area contributed by atoms with Crippen molar-refractivity contribution in [1.82, 2.24) is 19.5 Å². The summed E-state index contributed by atoms with van der Waals surface area (Å²) in [5.41, 5.74) is 7.43. The van der Waals surface area contributed by atoms with E-state index < -0.39 is 11.7 Å². The predicted molar refractivity (Wildman–Crippen MR) is 218 cm³/mol. The Morgan fingerprint density at radius 1 is 0.418 bits per heavy atom. The average molecular weight is 731 g/mol. The van der Waals surface area contributed by atoms with Crippen LogP contribution in [0.25, 0.3) is 72.8 Å². The molecule has 0 fully saturated rings. The average Bonchev–Trinajstić information content (AvgIpc) is 3.50. The van der Waals surface area contributed by atoms with Gasteiger partial charge < -0.3 is 4.57 Å². The van der Waals surface area contributed by atoms with Gasteiger partial charge in [-0.3, -0.25) is 0 Å². The molecule has 0 atom stereocenters. The van der Waals surface area contributed by atoms with Crippen LogP contribution in [0, 0.1) is 0 Å². The third-order valence-corrected chi connectivity index (χ3v) is 10.2. The van der Waals surface area contributed by atoms with Gasteiger partial charge in [0, 0.05) is 33.0 Å². The van der Waals surface area contributed by atoms with Crippen molar-refractivity contribution in [2.45, 2.75) is 58.5 Å². The van der Waals surface area contributed by atoms with E-state index in [4.69, 9.17) is 15.0 Å². The topological polar surface area (TPSA) is 43.6 Å². The molecule has 0 aliphatic carbocycles. The largest absolute Gasteiger partial charge is 0.416 e. The first-order valence-corrected chi connectivity index (χ1v) is 18.4. The molecule has 8 rings (SSSR count). The highest BCUT2D eigenvalue weighted by Crippen LogP contribution is 2.42. The number of hydrogen-bond donors (Lipinski definition) is 0. The van der Waals surface area contributed by atoms with Gasteiger partial charge in [-0.25, -0.2) is 15.0 Å². The number of nitrogens with zero attached hydrogens (tertiary/aromatic N) is 4. The molecule has 7 heteroatoms.